The molecule has 0 unspecified atom stereocenters. The van der Waals surface area contributed by atoms with Crippen LogP contribution in [0.15, 0.2) is 12.1 Å². The minimum Gasteiger partial charge on any atom is -0.399 e. The highest BCUT2D eigenvalue weighted by Crippen LogP contribution is 2.36. The fraction of sp³-hybridized carbons (Fsp3) is 0.500. The van der Waals surface area contributed by atoms with Gasteiger partial charge in [0.1, 0.15) is 11.6 Å². The Kier molecular flexibility index (Phi) is 3.84. The lowest BCUT2D eigenvalue weighted by Gasteiger charge is -2.32. The van der Waals surface area contributed by atoms with Gasteiger partial charge < -0.3 is 14.6 Å². The van der Waals surface area contributed by atoms with Crippen molar-refractivity contribution < 1.29 is 22.9 Å². The Morgan fingerprint density at radius 2 is 1.62 bits per heavy atom. The number of carbonyl (C=O) groups is 1. The fourth-order valence-corrected chi connectivity index (χ4v) is 2.02. The number of carbonyl (C=O) groups excluding carboxylic acids is 1. The predicted octanol–water partition coefficient (Wildman–Crippen LogP) is 1.62. The highest BCUT2D eigenvalue weighted by Gasteiger charge is 2.52. The summed E-state index contributed by atoms with van der Waals surface area (Å²) in [7, 11) is 0.338. The molecule has 1 N–H and O–H groups in total. The van der Waals surface area contributed by atoms with Crippen molar-refractivity contribution in [1.82, 2.24) is 5.32 Å². The molecular weight excluding hydrogens is 279 g/mol. The van der Waals surface area contributed by atoms with Crippen LogP contribution in [-0.2, 0) is 9.31 Å². The molecule has 0 spiro atoms. The van der Waals surface area contributed by atoms with Crippen LogP contribution in [0, 0.1) is 11.6 Å². The molecule has 0 aliphatic carbocycles. The van der Waals surface area contributed by atoms with Gasteiger partial charge in [-0.2, -0.15) is 0 Å². The van der Waals surface area contributed by atoms with Gasteiger partial charge in [-0.1, -0.05) is 0 Å². The molecule has 1 aliphatic rings. The molecule has 1 amide bonds. The van der Waals surface area contributed by atoms with E-state index in [1.54, 1.807) is 0 Å². The first kappa shape index (κ1) is 15.9. The summed E-state index contributed by atoms with van der Waals surface area (Å²) < 4.78 is 39.5. The first-order valence-corrected chi connectivity index (χ1v) is 6.66. The number of rotatable bonds is 2. The summed E-state index contributed by atoms with van der Waals surface area (Å²) >= 11 is 0. The van der Waals surface area contributed by atoms with E-state index in [1.165, 1.54) is 7.05 Å². The first-order valence-electron chi connectivity index (χ1n) is 6.66. The maximum atomic E-state index is 14.2. The van der Waals surface area contributed by atoms with Crippen molar-refractivity contribution in [2.24, 2.45) is 0 Å². The Balaban J connectivity index is 2.39. The van der Waals surface area contributed by atoms with Gasteiger partial charge in [0.25, 0.3) is 5.91 Å². The zero-order valence-corrected chi connectivity index (χ0v) is 12.7. The maximum Gasteiger partial charge on any atom is 0.497 e. The largest absolute Gasteiger partial charge is 0.497 e. The van der Waals surface area contributed by atoms with Gasteiger partial charge in [0.15, 0.2) is 0 Å². The number of nitrogens with one attached hydrogen (secondary N) is 1. The van der Waals surface area contributed by atoms with Crippen LogP contribution in [0.1, 0.15) is 38.1 Å². The molecule has 0 radical (unpaired) electrons. The number of hydrogen-bond donors (Lipinski definition) is 1. The van der Waals surface area contributed by atoms with Crippen molar-refractivity contribution in [3.8, 4) is 0 Å². The molecule has 1 fully saturated rings. The van der Waals surface area contributed by atoms with Crippen molar-refractivity contribution in [2.45, 2.75) is 38.9 Å². The number of halogens is 2. The van der Waals surface area contributed by atoms with E-state index in [4.69, 9.17) is 9.31 Å². The summed E-state index contributed by atoms with van der Waals surface area (Å²) in [4.78, 5) is 11.4. The van der Waals surface area contributed by atoms with E-state index >= 15 is 0 Å². The molecule has 1 heterocycles. The summed E-state index contributed by atoms with van der Waals surface area (Å²) in [5.74, 6) is -2.25. The van der Waals surface area contributed by atoms with Crippen molar-refractivity contribution in [1.29, 1.82) is 0 Å². The standard InChI is InChI=1S/C14H18BF2NO3/c1-13(2)14(3,4)21-15(20-13)9-7-10(16)8(6-11(9)17)12(19)18-5/h6-7H,1-5H3,(H,18,19). The van der Waals surface area contributed by atoms with E-state index in [2.05, 4.69) is 5.32 Å². The minimum atomic E-state index is -1.01. The molecule has 114 valence electrons. The highest BCUT2D eigenvalue weighted by atomic mass is 19.1. The van der Waals surface area contributed by atoms with Crippen LogP contribution in [-0.4, -0.2) is 31.3 Å². The van der Waals surface area contributed by atoms with Crippen LogP contribution >= 0.6 is 0 Å². The molecule has 0 aromatic heterocycles. The smallest absolute Gasteiger partial charge is 0.399 e. The van der Waals surface area contributed by atoms with E-state index in [9.17, 15) is 13.6 Å². The van der Waals surface area contributed by atoms with Gasteiger partial charge >= 0.3 is 7.12 Å². The zero-order chi connectivity index (χ0) is 16.0. The average molecular weight is 297 g/mol. The van der Waals surface area contributed by atoms with E-state index in [0.717, 1.165) is 12.1 Å². The van der Waals surface area contributed by atoms with E-state index < -0.39 is 35.9 Å². The molecule has 0 bridgehead atoms. The molecule has 1 aromatic rings. The van der Waals surface area contributed by atoms with Crippen molar-refractivity contribution in [3.05, 3.63) is 29.3 Å². The topological polar surface area (TPSA) is 47.6 Å². The Bertz CT molecular complexity index is 574. The molecule has 0 saturated carbocycles. The van der Waals surface area contributed by atoms with Crippen LogP contribution in [0.5, 0.6) is 0 Å². The van der Waals surface area contributed by atoms with Crippen molar-refractivity contribution in [2.75, 3.05) is 7.05 Å². The van der Waals surface area contributed by atoms with Gasteiger partial charge in [-0.05, 0) is 39.8 Å². The van der Waals surface area contributed by atoms with Crippen LogP contribution in [0.2, 0.25) is 0 Å². The molecule has 7 heteroatoms. The molecule has 1 aliphatic heterocycles. The Hall–Kier alpha value is -1.47. The van der Waals surface area contributed by atoms with Gasteiger partial charge in [0.2, 0.25) is 0 Å². The molecule has 21 heavy (non-hydrogen) atoms. The third kappa shape index (κ3) is 2.67. The second-order valence-electron chi connectivity index (χ2n) is 6.02. The lowest BCUT2D eigenvalue weighted by atomic mass is 9.78. The minimum absolute atomic E-state index is 0.0567. The third-order valence-corrected chi connectivity index (χ3v) is 4.07. The van der Waals surface area contributed by atoms with Crippen LogP contribution in [0.4, 0.5) is 8.78 Å². The van der Waals surface area contributed by atoms with E-state index in [1.807, 2.05) is 27.7 Å². The second-order valence-corrected chi connectivity index (χ2v) is 6.02. The maximum absolute atomic E-state index is 14.2. The second kappa shape index (κ2) is 5.07. The van der Waals surface area contributed by atoms with E-state index in [0.29, 0.717) is 0 Å². The number of hydrogen-bond acceptors (Lipinski definition) is 3. The van der Waals surface area contributed by atoms with Gasteiger partial charge in [-0.25, -0.2) is 8.78 Å². The average Bonchev–Trinajstić information content (AvgIpc) is 2.59. The predicted molar refractivity (Wildman–Crippen MR) is 75.5 cm³/mol. The highest BCUT2D eigenvalue weighted by molar-refractivity contribution is 6.62. The van der Waals surface area contributed by atoms with Gasteiger partial charge in [-0.15, -0.1) is 0 Å². The van der Waals surface area contributed by atoms with Gasteiger partial charge in [-0.3, -0.25) is 4.79 Å². The molecule has 1 saturated heterocycles. The summed E-state index contributed by atoms with van der Waals surface area (Å²) in [5, 5.41) is 2.26. The monoisotopic (exact) mass is 297 g/mol. The zero-order valence-electron chi connectivity index (χ0n) is 12.7. The van der Waals surface area contributed by atoms with Gasteiger partial charge in [0.05, 0.1) is 16.8 Å². The SMILES string of the molecule is CNC(=O)c1cc(F)c(B2OC(C)(C)C(C)(C)O2)cc1F. The normalized spacial score (nSPS) is 19.7. The van der Waals surface area contributed by atoms with Crippen LogP contribution in [0.25, 0.3) is 0 Å². The van der Waals surface area contributed by atoms with Crippen LogP contribution < -0.4 is 10.8 Å². The first-order chi connectivity index (χ1) is 9.59. The molecule has 0 atom stereocenters. The summed E-state index contributed by atoms with van der Waals surface area (Å²) in [6.45, 7) is 7.28. The summed E-state index contributed by atoms with van der Waals surface area (Å²) in [5.41, 5.74) is -1.71. The number of benzene rings is 1. The van der Waals surface area contributed by atoms with Crippen molar-refractivity contribution in [3.63, 3.8) is 0 Å². The Morgan fingerprint density at radius 3 is 2.10 bits per heavy atom. The quantitative estimate of drug-likeness (QED) is 0.844. The molecule has 2 rings (SSSR count). The lowest BCUT2D eigenvalue weighted by molar-refractivity contribution is 0.00578. The third-order valence-electron chi connectivity index (χ3n) is 4.07. The summed E-state index contributed by atoms with van der Waals surface area (Å²) in [6.07, 6.45) is 0. The van der Waals surface area contributed by atoms with Crippen molar-refractivity contribution >= 4 is 18.5 Å². The fourth-order valence-electron chi connectivity index (χ4n) is 2.02. The van der Waals surface area contributed by atoms with E-state index in [-0.39, 0.29) is 11.0 Å². The molecule has 4 nitrogen and oxygen atoms in total. The summed E-state index contributed by atoms with van der Waals surface area (Å²) in [6, 6.07) is 1.80. The van der Waals surface area contributed by atoms with Gasteiger partial charge in [0, 0.05) is 12.5 Å². The lowest BCUT2D eigenvalue weighted by Crippen LogP contribution is -2.41. The number of amides is 1. The van der Waals surface area contributed by atoms with Crippen LogP contribution in [0.3, 0.4) is 0 Å². The molecule has 1 aromatic carbocycles. The Morgan fingerprint density at radius 1 is 1.10 bits per heavy atom. The molecular formula is C14H18BF2NO3. The Labute approximate surface area is 123 Å².